The Bertz CT molecular complexity index is 683. The summed E-state index contributed by atoms with van der Waals surface area (Å²) in [5.74, 6) is 1.25. The van der Waals surface area contributed by atoms with E-state index in [2.05, 4.69) is 19.2 Å². The lowest BCUT2D eigenvalue weighted by Gasteiger charge is -2.16. The van der Waals surface area contributed by atoms with Crippen LogP contribution >= 0.6 is 0 Å². The van der Waals surface area contributed by atoms with Gasteiger partial charge in [-0.2, -0.15) is 0 Å². The first kappa shape index (κ1) is 18.6. The number of benzene rings is 2. The van der Waals surface area contributed by atoms with Gasteiger partial charge in [-0.25, -0.2) is 0 Å². The summed E-state index contributed by atoms with van der Waals surface area (Å²) in [6.07, 6.45) is 1.70. The van der Waals surface area contributed by atoms with Crippen LogP contribution in [0.4, 0.5) is 5.69 Å². The molecule has 2 aromatic rings. The number of rotatable bonds is 8. The number of anilines is 1. The highest BCUT2D eigenvalue weighted by Gasteiger charge is 2.15. The van der Waals surface area contributed by atoms with Gasteiger partial charge in [0, 0.05) is 5.69 Å². The van der Waals surface area contributed by atoms with Gasteiger partial charge in [-0.05, 0) is 36.1 Å². The van der Waals surface area contributed by atoms with E-state index in [0.717, 1.165) is 29.7 Å². The molecule has 0 spiro atoms. The molecule has 0 saturated heterocycles. The number of carbonyl (C=O) groups is 1. The molecule has 0 fully saturated rings. The Hall–Kier alpha value is -2.69. The Morgan fingerprint density at radius 2 is 1.44 bits per heavy atom. The number of hydrogen-bond acceptors (Lipinski definition) is 4. The Labute approximate surface area is 148 Å². The number of amides is 1. The molecular formula is C20H25NO4. The average Bonchev–Trinajstić information content (AvgIpc) is 2.65. The summed E-state index contributed by atoms with van der Waals surface area (Å²) >= 11 is 0. The van der Waals surface area contributed by atoms with Crippen molar-refractivity contribution in [3.8, 4) is 17.2 Å². The maximum Gasteiger partial charge on any atom is 0.262 e. The predicted octanol–water partition coefficient (Wildman–Crippen LogP) is 3.85. The van der Waals surface area contributed by atoms with Crippen LogP contribution in [0.15, 0.2) is 36.4 Å². The average molecular weight is 343 g/mol. The molecule has 134 valence electrons. The fourth-order valence-electron chi connectivity index (χ4n) is 2.68. The van der Waals surface area contributed by atoms with Gasteiger partial charge in [0.25, 0.3) is 5.91 Å². The molecule has 0 heterocycles. The third-order valence-electron chi connectivity index (χ3n) is 3.99. The zero-order valence-corrected chi connectivity index (χ0v) is 15.2. The molecule has 0 saturated carbocycles. The van der Waals surface area contributed by atoms with Crippen molar-refractivity contribution in [2.24, 2.45) is 0 Å². The van der Waals surface area contributed by atoms with Gasteiger partial charge >= 0.3 is 0 Å². The summed E-state index contributed by atoms with van der Waals surface area (Å²) in [5.41, 5.74) is 3.11. The third kappa shape index (κ3) is 4.44. The van der Waals surface area contributed by atoms with Gasteiger partial charge < -0.3 is 19.5 Å². The second-order valence-corrected chi connectivity index (χ2v) is 5.49. The minimum absolute atomic E-state index is 0.127. The molecule has 0 atom stereocenters. The summed E-state index contributed by atoms with van der Waals surface area (Å²) in [6.45, 7) is 4.01. The number of ether oxygens (including phenoxy) is 3. The van der Waals surface area contributed by atoms with Crippen molar-refractivity contribution in [1.82, 2.24) is 0 Å². The fourth-order valence-corrected chi connectivity index (χ4v) is 2.68. The van der Waals surface area contributed by atoms with Gasteiger partial charge in [0.15, 0.2) is 18.1 Å². The smallest absolute Gasteiger partial charge is 0.262 e. The van der Waals surface area contributed by atoms with Crippen LogP contribution in [0.5, 0.6) is 17.2 Å². The Morgan fingerprint density at radius 3 is 1.92 bits per heavy atom. The van der Waals surface area contributed by atoms with Crippen molar-refractivity contribution in [3.05, 3.63) is 47.5 Å². The highest BCUT2D eigenvalue weighted by Crippen LogP contribution is 2.36. The van der Waals surface area contributed by atoms with Gasteiger partial charge in [0.2, 0.25) is 5.75 Å². The van der Waals surface area contributed by atoms with E-state index >= 15 is 0 Å². The predicted molar refractivity (Wildman–Crippen MR) is 98.9 cm³/mol. The molecule has 25 heavy (non-hydrogen) atoms. The number of methoxy groups -OCH3 is 2. The Kier molecular flexibility index (Phi) is 6.69. The van der Waals surface area contributed by atoms with E-state index in [1.165, 1.54) is 0 Å². The summed E-state index contributed by atoms with van der Waals surface area (Å²) in [7, 11) is 3.10. The summed E-state index contributed by atoms with van der Waals surface area (Å²) in [5, 5.41) is 2.98. The highest BCUT2D eigenvalue weighted by molar-refractivity contribution is 5.93. The molecule has 0 radical (unpaired) electrons. The van der Waals surface area contributed by atoms with E-state index in [1.807, 2.05) is 18.2 Å². The van der Waals surface area contributed by atoms with Crippen molar-refractivity contribution < 1.29 is 19.0 Å². The largest absolute Gasteiger partial charge is 0.493 e. The van der Waals surface area contributed by atoms with E-state index in [4.69, 9.17) is 14.2 Å². The number of carbonyl (C=O) groups excluding carboxylic acids is 1. The summed E-state index contributed by atoms with van der Waals surface area (Å²) in [6, 6.07) is 11.4. The Balaban J connectivity index is 2.13. The summed E-state index contributed by atoms with van der Waals surface area (Å²) < 4.78 is 16.2. The molecular weight excluding hydrogens is 318 g/mol. The van der Waals surface area contributed by atoms with E-state index in [0.29, 0.717) is 17.2 Å². The first-order chi connectivity index (χ1) is 12.1. The zero-order valence-electron chi connectivity index (χ0n) is 15.2. The van der Waals surface area contributed by atoms with Crippen LogP contribution < -0.4 is 19.5 Å². The van der Waals surface area contributed by atoms with E-state index in [9.17, 15) is 4.79 Å². The molecule has 1 amide bonds. The molecule has 5 heteroatoms. The van der Waals surface area contributed by atoms with E-state index in [-0.39, 0.29) is 12.5 Å². The van der Waals surface area contributed by atoms with Crippen LogP contribution in [0.2, 0.25) is 0 Å². The van der Waals surface area contributed by atoms with Gasteiger partial charge in [-0.3, -0.25) is 4.79 Å². The van der Waals surface area contributed by atoms with E-state index in [1.54, 1.807) is 32.4 Å². The minimum atomic E-state index is -0.219. The van der Waals surface area contributed by atoms with Gasteiger partial charge in [0.1, 0.15) is 0 Å². The second-order valence-electron chi connectivity index (χ2n) is 5.49. The SMILES string of the molecule is CCc1cccc(CC)c1NC(=O)COc1c(OC)cccc1OC. The molecule has 0 aromatic heterocycles. The minimum Gasteiger partial charge on any atom is -0.493 e. The highest BCUT2D eigenvalue weighted by atomic mass is 16.5. The quantitative estimate of drug-likeness (QED) is 0.791. The number of nitrogens with one attached hydrogen (secondary N) is 1. The maximum atomic E-state index is 12.4. The van der Waals surface area contributed by atoms with Gasteiger partial charge in [-0.1, -0.05) is 38.1 Å². The molecule has 1 N–H and O–H groups in total. The van der Waals surface area contributed by atoms with Crippen LogP contribution in [0, 0.1) is 0 Å². The number of para-hydroxylation sites is 2. The molecule has 5 nitrogen and oxygen atoms in total. The van der Waals surface area contributed by atoms with Crippen LogP contribution in [0.1, 0.15) is 25.0 Å². The lowest BCUT2D eigenvalue weighted by atomic mass is 10.0. The van der Waals surface area contributed by atoms with Crippen LogP contribution in [0.25, 0.3) is 0 Å². The van der Waals surface area contributed by atoms with Crippen LogP contribution in [-0.2, 0) is 17.6 Å². The fraction of sp³-hybridized carbons (Fsp3) is 0.350. The monoisotopic (exact) mass is 343 g/mol. The van der Waals surface area contributed by atoms with Crippen LogP contribution in [0.3, 0.4) is 0 Å². The van der Waals surface area contributed by atoms with Gasteiger partial charge in [-0.15, -0.1) is 0 Å². The molecule has 0 aliphatic rings. The second kappa shape index (κ2) is 8.97. The molecule has 0 bridgehead atoms. The zero-order chi connectivity index (χ0) is 18.2. The normalized spacial score (nSPS) is 10.2. The Morgan fingerprint density at radius 1 is 0.920 bits per heavy atom. The lowest BCUT2D eigenvalue weighted by Crippen LogP contribution is -2.22. The van der Waals surface area contributed by atoms with E-state index < -0.39 is 0 Å². The molecule has 0 unspecified atom stereocenters. The summed E-state index contributed by atoms with van der Waals surface area (Å²) in [4.78, 5) is 12.4. The molecule has 0 aliphatic heterocycles. The van der Waals surface area contributed by atoms with Crippen molar-refractivity contribution in [2.45, 2.75) is 26.7 Å². The lowest BCUT2D eigenvalue weighted by molar-refractivity contribution is -0.118. The number of aryl methyl sites for hydroxylation is 2. The van der Waals surface area contributed by atoms with Crippen molar-refractivity contribution in [2.75, 3.05) is 26.1 Å². The molecule has 2 aromatic carbocycles. The van der Waals surface area contributed by atoms with Crippen molar-refractivity contribution in [1.29, 1.82) is 0 Å². The molecule has 2 rings (SSSR count). The number of hydrogen-bond donors (Lipinski definition) is 1. The van der Waals surface area contributed by atoms with Crippen molar-refractivity contribution >= 4 is 11.6 Å². The first-order valence-corrected chi connectivity index (χ1v) is 8.38. The van der Waals surface area contributed by atoms with Crippen LogP contribution in [-0.4, -0.2) is 26.7 Å². The van der Waals surface area contributed by atoms with Crippen molar-refractivity contribution in [3.63, 3.8) is 0 Å². The maximum absolute atomic E-state index is 12.4. The van der Waals surface area contributed by atoms with Gasteiger partial charge in [0.05, 0.1) is 14.2 Å². The molecule has 0 aliphatic carbocycles. The third-order valence-corrected chi connectivity index (χ3v) is 3.99. The standard InChI is InChI=1S/C20H25NO4/c1-5-14-9-7-10-15(6-2)19(14)21-18(22)13-25-20-16(23-3)11-8-12-17(20)24-4/h7-12H,5-6,13H2,1-4H3,(H,21,22). The topological polar surface area (TPSA) is 56.8 Å². The first-order valence-electron chi connectivity index (χ1n) is 8.38.